The van der Waals surface area contributed by atoms with Gasteiger partial charge in [-0.15, -0.1) is 0 Å². The van der Waals surface area contributed by atoms with E-state index in [1.165, 1.54) is 0 Å². The number of aromatic nitrogens is 1. The van der Waals surface area contributed by atoms with Crippen LogP contribution in [0.2, 0.25) is 0 Å². The van der Waals surface area contributed by atoms with E-state index in [9.17, 15) is 9.59 Å². The van der Waals surface area contributed by atoms with Gasteiger partial charge < -0.3 is 4.42 Å². The standard InChI is InChI=1S/C16H21NO3/c1-3-5-8-12(4-2)11-17-14-10-7-6-9-13(14)15(18)20-16(17)19/h6-7,9-10,12H,3-5,8,11H2,1-2H3. The van der Waals surface area contributed by atoms with Crippen LogP contribution in [0.15, 0.2) is 38.3 Å². The first-order valence-electron chi connectivity index (χ1n) is 7.30. The molecule has 0 aliphatic rings. The largest absolute Gasteiger partial charge is 0.422 e. The highest BCUT2D eigenvalue weighted by molar-refractivity contribution is 5.77. The number of hydrogen-bond acceptors (Lipinski definition) is 3. The summed E-state index contributed by atoms with van der Waals surface area (Å²) in [5.74, 6) is -0.118. The summed E-state index contributed by atoms with van der Waals surface area (Å²) in [5, 5.41) is 0.470. The molecule has 2 aromatic rings. The first-order valence-corrected chi connectivity index (χ1v) is 7.30. The van der Waals surface area contributed by atoms with Gasteiger partial charge in [0.05, 0.1) is 10.9 Å². The number of rotatable bonds is 6. The maximum Gasteiger partial charge on any atom is 0.422 e. The summed E-state index contributed by atoms with van der Waals surface area (Å²) in [4.78, 5) is 23.7. The van der Waals surface area contributed by atoms with E-state index in [1.54, 1.807) is 22.8 Å². The van der Waals surface area contributed by atoms with Gasteiger partial charge in [-0.05, 0) is 24.5 Å². The minimum Gasteiger partial charge on any atom is -0.372 e. The van der Waals surface area contributed by atoms with Gasteiger partial charge in [0.2, 0.25) is 0 Å². The molecular formula is C16H21NO3. The van der Waals surface area contributed by atoms with E-state index in [2.05, 4.69) is 13.8 Å². The lowest BCUT2D eigenvalue weighted by Crippen LogP contribution is -2.27. The SMILES string of the molecule is CCCCC(CC)Cn1c(=O)oc(=O)c2ccccc21. The Hall–Kier alpha value is -1.84. The summed E-state index contributed by atoms with van der Waals surface area (Å²) in [6.45, 7) is 4.90. The molecule has 108 valence electrons. The van der Waals surface area contributed by atoms with E-state index >= 15 is 0 Å². The Labute approximate surface area is 118 Å². The van der Waals surface area contributed by atoms with Gasteiger partial charge in [-0.1, -0.05) is 45.2 Å². The van der Waals surface area contributed by atoms with Gasteiger partial charge in [0.25, 0.3) is 0 Å². The molecule has 0 bridgehead atoms. The Morgan fingerprint density at radius 3 is 2.65 bits per heavy atom. The molecule has 4 heteroatoms. The van der Waals surface area contributed by atoms with Crippen molar-refractivity contribution in [1.82, 2.24) is 4.57 Å². The van der Waals surface area contributed by atoms with Gasteiger partial charge >= 0.3 is 11.4 Å². The highest BCUT2D eigenvalue weighted by Crippen LogP contribution is 2.16. The summed E-state index contributed by atoms with van der Waals surface area (Å²) >= 11 is 0. The van der Waals surface area contributed by atoms with E-state index < -0.39 is 11.4 Å². The predicted molar refractivity (Wildman–Crippen MR) is 80.1 cm³/mol. The zero-order valence-corrected chi connectivity index (χ0v) is 12.1. The summed E-state index contributed by atoms with van der Waals surface area (Å²) in [7, 11) is 0. The second-order valence-electron chi connectivity index (χ2n) is 5.20. The summed E-state index contributed by atoms with van der Waals surface area (Å²) < 4.78 is 6.42. The van der Waals surface area contributed by atoms with Crippen LogP contribution in [0.1, 0.15) is 39.5 Å². The van der Waals surface area contributed by atoms with Gasteiger partial charge in [0.15, 0.2) is 0 Å². The van der Waals surface area contributed by atoms with Crippen LogP contribution < -0.4 is 11.4 Å². The van der Waals surface area contributed by atoms with Gasteiger partial charge in [0, 0.05) is 6.54 Å². The van der Waals surface area contributed by atoms with Crippen molar-refractivity contribution < 1.29 is 4.42 Å². The lowest BCUT2D eigenvalue weighted by molar-refractivity contribution is 0.347. The minimum absolute atomic E-state index is 0.434. The molecule has 2 rings (SSSR count). The highest BCUT2D eigenvalue weighted by atomic mass is 16.4. The third-order valence-electron chi connectivity index (χ3n) is 3.80. The van der Waals surface area contributed by atoms with Crippen molar-refractivity contribution >= 4 is 10.9 Å². The molecule has 1 atom stereocenters. The fourth-order valence-electron chi connectivity index (χ4n) is 2.52. The van der Waals surface area contributed by atoms with E-state index in [0.29, 0.717) is 23.4 Å². The van der Waals surface area contributed by atoms with Crippen LogP contribution >= 0.6 is 0 Å². The molecule has 1 aromatic heterocycles. The maximum absolute atomic E-state index is 12.0. The molecule has 0 spiro atoms. The third kappa shape index (κ3) is 3.00. The first-order chi connectivity index (χ1) is 9.67. The molecule has 0 saturated heterocycles. The second-order valence-corrected chi connectivity index (χ2v) is 5.20. The Morgan fingerprint density at radius 2 is 1.95 bits per heavy atom. The Morgan fingerprint density at radius 1 is 1.20 bits per heavy atom. The molecule has 0 saturated carbocycles. The van der Waals surface area contributed by atoms with Crippen LogP contribution in [0.4, 0.5) is 0 Å². The molecular weight excluding hydrogens is 254 g/mol. The lowest BCUT2D eigenvalue weighted by atomic mass is 9.99. The molecule has 0 amide bonds. The van der Waals surface area contributed by atoms with Crippen LogP contribution in [0.3, 0.4) is 0 Å². The second kappa shape index (κ2) is 6.55. The molecule has 20 heavy (non-hydrogen) atoms. The van der Waals surface area contributed by atoms with E-state index in [0.717, 1.165) is 25.7 Å². The van der Waals surface area contributed by atoms with Crippen molar-refractivity contribution in [3.63, 3.8) is 0 Å². The summed E-state index contributed by atoms with van der Waals surface area (Å²) in [6, 6.07) is 7.12. The van der Waals surface area contributed by atoms with Crippen molar-refractivity contribution in [2.24, 2.45) is 5.92 Å². The number of benzene rings is 1. The van der Waals surface area contributed by atoms with E-state index in [-0.39, 0.29) is 0 Å². The molecule has 0 radical (unpaired) electrons. The summed E-state index contributed by atoms with van der Waals surface area (Å²) in [6.07, 6.45) is 4.41. The maximum atomic E-state index is 12.0. The molecule has 0 fully saturated rings. The quantitative estimate of drug-likeness (QED) is 0.813. The average molecular weight is 275 g/mol. The number of para-hydroxylation sites is 1. The van der Waals surface area contributed by atoms with Crippen molar-refractivity contribution in [3.05, 3.63) is 45.2 Å². The van der Waals surface area contributed by atoms with E-state index in [4.69, 9.17) is 4.42 Å². The van der Waals surface area contributed by atoms with Crippen LogP contribution in [0.25, 0.3) is 10.9 Å². The van der Waals surface area contributed by atoms with Gasteiger partial charge in [0.1, 0.15) is 0 Å². The lowest BCUT2D eigenvalue weighted by Gasteiger charge is -2.16. The third-order valence-corrected chi connectivity index (χ3v) is 3.80. The topological polar surface area (TPSA) is 52.2 Å². The molecule has 4 nitrogen and oxygen atoms in total. The Bertz CT molecular complexity index is 684. The molecule has 0 aliphatic heterocycles. The van der Waals surface area contributed by atoms with Crippen molar-refractivity contribution in [1.29, 1.82) is 0 Å². The van der Waals surface area contributed by atoms with Crippen LogP contribution in [-0.4, -0.2) is 4.57 Å². The Balaban J connectivity index is 2.43. The first kappa shape index (κ1) is 14.6. The molecule has 1 unspecified atom stereocenters. The fourth-order valence-corrected chi connectivity index (χ4v) is 2.52. The molecule has 0 N–H and O–H groups in total. The number of nitrogens with zero attached hydrogens (tertiary/aromatic N) is 1. The summed E-state index contributed by atoms with van der Waals surface area (Å²) in [5.41, 5.74) is 0.118. The molecule has 1 aromatic carbocycles. The van der Waals surface area contributed by atoms with Crippen molar-refractivity contribution in [2.75, 3.05) is 0 Å². The average Bonchev–Trinajstić information content (AvgIpc) is 2.46. The van der Waals surface area contributed by atoms with Gasteiger partial charge in [-0.2, -0.15) is 0 Å². The fraction of sp³-hybridized carbons (Fsp3) is 0.500. The van der Waals surface area contributed by atoms with Crippen molar-refractivity contribution in [2.45, 2.75) is 46.1 Å². The zero-order chi connectivity index (χ0) is 14.5. The normalized spacial score (nSPS) is 12.7. The minimum atomic E-state index is -0.552. The highest BCUT2D eigenvalue weighted by Gasteiger charge is 2.13. The van der Waals surface area contributed by atoms with Crippen LogP contribution in [-0.2, 0) is 6.54 Å². The monoisotopic (exact) mass is 275 g/mol. The number of unbranched alkanes of at least 4 members (excludes halogenated alkanes) is 1. The zero-order valence-electron chi connectivity index (χ0n) is 12.1. The smallest absolute Gasteiger partial charge is 0.372 e. The molecule has 1 heterocycles. The Kier molecular flexibility index (Phi) is 4.77. The number of fused-ring (bicyclic) bond motifs is 1. The van der Waals surface area contributed by atoms with Crippen LogP contribution in [0.5, 0.6) is 0 Å². The predicted octanol–water partition coefficient (Wildman–Crippen LogP) is 3.17. The van der Waals surface area contributed by atoms with Crippen molar-refractivity contribution in [3.8, 4) is 0 Å². The van der Waals surface area contributed by atoms with E-state index in [1.807, 2.05) is 6.07 Å². The molecule has 0 aliphatic carbocycles. The van der Waals surface area contributed by atoms with Gasteiger partial charge in [-0.25, -0.2) is 9.59 Å². The van der Waals surface area contributed by atoms with Gasteiger partial charge in [-0.3, -0.25) is 4.57 Å². The van der Waals surface area contributed by atoms with Crippen LogP contribution in [0, 0.1) is 5.92 Å². The number of hydrogen-bond donors (Lipinski definition) is 0.